The predicted molar refractivity (Wildman–Crippen MR) is 119 cm³/mol. The molecule has 1 heterocycles. The van der Waals surface area contributed by atoms with Crippen LogP contribution in [0.1, 0.15) is 38.7 Å². The SMILES string of the molecule is NC(c1ccc(C(=O)N2CCc3ccccc32)cc1[N+](=O)[O-])C1Cc2ccccc2C1. The lowest BCUT2D eigenvalue weighted by molar-refractivity contribution is -0.385. The highest BCUT2D eigenvalue weighted by Gasteiger charge is 2.32. The molecule has 0 radical (unpaired) electrons. The molecule has 31 heavy (non-hydrogen) atoms. The van der Waals surface area contributed by atoms with E-state index in [0.29, 0.717) is 17.7 Å². The average Bonchev–Trinajstić information content (AvgIpc) is 3.42. The molecule has 1 aliphatic heterocycles. The Morgan fingerprint density at radius 1 is 1.00 bits per heavy atom. The van der Waals surface area contributed by atoms with E-state index >= 15 is 0 Å². The zero-order chi connectivity index (χ0) is 21.5. The maximum Gasteiger partial charge on any atom is 0.274 e. The van der Waals surface area contributed by atoms with Crippen LogP contribution in [0.15, 0.2) is 66.7 Å². The number of nitro groups is 1. The molecule has 6 heteroatoms. The zero-order valence-electron chi connectivity index (χ0n) is 17.0. The largest absolute Gasteiger partial charge is 0.323 e. The molecule has 2 N–H and O–H groups in total. The van der Waals surface area contributed by atoms with Gasteiger partial charge in [0.05, 0.1) is 4.92 Å². The third-order valence-corrected chi connectivity index (χ3v) is 6.56. The van der Waals surface area contributed by atoms with Crippen LogP contribution in [-0.4, -0.2) is 17.4 Å². The van der Waals surface area contributed by atoms with Crippen molar-refractivity contribution >= 4 is 17.3 Å². The summed E-state index contributed by atoms with van der Waals surface area (Å²) < 4.78 is 0. The number of benzene rings is 3. The fraction of sp³-hybridized carbons (Fsp3) is 0.240. The first-order chi connectivity index (χ1) is 15.0. The van der Waals surface area contributed by atoms with Crippen molar-refractivity contribution in [3.05, 3.63) is 105 Å². The lowest BCUT2D eigenvalue weighted by Crippen LogP contribution is -2.29. The fourth-order valence-corrected chi connectivity index (χ4v) is 4.92. The topological polar surface area (TPSA) is 89.5 Å². The van der Waals surface area contributed by atoms with E-state index in [1.54, 1.807) is 17.0 Å². The van der Waals surface area contributed by atoms with E-state index < -0.39 is 11.0 Å². The van der Waals surface area contributed by atoms with Crippen molar-refractivity contribution in [2.24, 2.45) is 11.7 Å². The third kappa shape index (κ3) is 3.39. The Morgan fingerprint density at radius 3 is 2.32 bits per heavy atom. The first-order valence-electron chi connectivity index (χ1n) is 10.5. The van der Waals surface area contributed by atoms with Crippen molar-refractivity contribution in [3.8, 4) is 0 Å². The Morgan fingerprint density at radius 2 is 1.65 bits per heavy atom. The summed E-state index contributed by atoms with van der Waals surface area (Å²) >= 11 is 0. The van der Waals surface area contributed by atoms with Gasteiger partial charge in [-0.15, -0.1) is 0 Å². The van der Waals surface area contributed by atoms with Crippen LogP contribution in [0.4, 0.5) is 11.4 Å². The van der Waals surface area contributed by atoms with Crippen molar-refractivity contribution in [2.45, 2.75) is 25.3 Å². The minimum Gasteiger partial charge on any atom is -0.323 e. The molecule has 1 unspecified atom stereocenters. The molecule has 6 nitrogen and oxygen atoms in total. The van der Waals surface area contributed by atoms with E-state index in [-0.39, 0.29) is 17.5 Å². The summed E-state index contributed by atoms with van der Waals surface area (Å²) in [5.41, 5.74) is 11.7. The lowest BCUT2D eigenvalue weighted by atomic mass is 9.89. The van der Waals surface area contributed by atoms with Gasteiger partial charge in [-0.05, 0) is 60.1 Å². The highest BCUT2D eigenvalue weighted by molar-refractivity contribution is 6.07. The number of carbonyl (C=O) groups excluding carboxylic acids is 1. The van der Waals surface area contributed by atoms with Gasteiger partial charge >= 0.3 is 0 Å². The first kappa shape index (κ1) is 19.5. The van der Waals surface area contributed by atoms with Crippen molar-refractivity contribution in [1.29, 1.82) is 0 Å². The van der Waals surface area contributed by atoms with Crippen LogP contribution in [0.5, 0.6) is 0 Å². The van der Waals surface area contributed by atoms with Crippen LogP contribution in [0, 0.1) is 16.0 Å². The first-order valence-corrected chi connectivity index (χ1v) is 10.5. The Hall–Kier alpha value is -3.51. The van der Waals surface area contributed by atoms with Crippen LogP contribution in [-0.2, 0) is 19.3 Å². The number of hydrogen-bond acceptors (Lipinski definition) is 4. The van der Waals surface area contributed by atoms with Gasteiger partial charge in [0.25, 0.3) is 11.6 Å². The minimum atomic E-state index is -0.468. The fourth-order valence-electron chi connectivity index (χ4n) is 4.92. The maximum atomic E-state index is 13.1. The van der Waals surface area contributed by atoms with Gasteiger partial charge in [0.1, 0.15) is 0 Å². The third-order valence-electron chi connectivity index (χ3n) is 6.56. The predicted octanol–water partition coefficient (Wildman–Crippen LogP) is 4.21. The summed E-state index contributed by atoms with van der Waals surface area (Å²) in [5, 5.41) is 11.9. The molecule has 3 aromatic rings. The van der Waals surface area contributed by atoms with Crippen molar-refractivity contribution in [1.82, 2.24) is 0 Å². The second-order valence-corrected chi connectivity index (χ2v) is 8.33. The van der Waals surface area contributed by atoms with Crippen LogP contribution >= 0.6 is 0 Å². The number of nitro benzene ring substituents is 1. The summed E-state index contributed by atoms with van der Waals surface area (Å²) in [6.07, 6.45) is 2.40. The van der Waals surface area contributed by atoms with E-state index in [4.69, 9.17) is 5.73 Å². The number of nitrogens with two attached hydrogens (primary N) is 1. The average molecular weight is 413 g/mol. The van der Waals surface area contributed by atoms with Gasteiger partial charge in [-0.3, -0.25) is 14.9 Å². The number of carbonyl (C=O) groups is 1. The second kappa shape index (κ2) is 7.63. The molecule has 0 saturated heterocycles. The van der Waals surface area contributed by atoms with E-state index in [2.05, 4.69) is 12.1 Å². The van der Waals surface area contributed by atoms with Gasteiger partial charge < -0.3 is 10.6 Å². The van der Waals surface area contributed by atoms with Crippen molar-refractivity contribution in [3.63, 3.8) is 0 Å². The van der Waals surface area contributed by atoms with Crippen LogP contribution in [0.3, 0.4) is 0 Å². The van der Waals surface area contributed by atoms with Gasteiger partial charge in [-0.25, -0.2) is 0 Å². The van der Waals surface area contributed by atoms with Gasteiger partial charge in [-0.2, -0.15) is 0 Å². The number of fused-ring (bicyclic) bond motifs is 2. The second-order valence-electron chi connectivity index (χ2n) is 8.33. The van der Waals surface area contributed by atoms with Crippen LogP contribution in [0.25, 0.3) is 0 Å². The zero-order valence-corrected chi connectivity index (χ0v) is 17.0. The van der Waals surface area contributed by atoms with E-state index in [1.807, 2.05) is 36.4 Å². The minimum absolute atomic E-state index is 0.0817. The van der Waals surface area contributed by atoms with Gasteiger partial charge in [0.2, 0.25) is 0 Å². The molecule has 1 atom stereocenters. The lowest BCUT2D eigenvalue weighted by Gasteiger charge is -2.21. The molecule has 0 spiro atoms. The number of rotatable bonds is 4. The molecular formula is C25H23N3O3. The number of nitrogens with zero attached hydrogens (tertiary/aromatic N) is 2. The van der Waals surface area contributed by atoms with Crippen molar-refractivity contribution < 1.29 is 9.72 Å². The molecule has 0 aromatic heterocycles. The Labute approximate surface area is 180 Å². The van der Waals surface area contributed by atoms with Crippen LogP contribution < -0.4 is 10.6 Å². The summed E-state index contributed by atoms with van der Waals surface area (Å²) in [7, 11) is 0. The molecule has 0 fully saturated rings. The molecule has 3 aromatic carbocycles. The molecule has 5 rings (SSSR count). The smallest absolute Gasteiger partial charge is 0.274 e. The van der Waals surface area contributed by atoms with Crippen LogP contribution in [0.2, 0.25) is 0 Å². The normalized spacial score (nSPS) is 16.1. The summed E-state index contributed by atoms with van der Waals surface area (Å²) in [4.78, 5) is 26.3. The molecule has 0 saturated carbocycles. The molecular weight excluding hydrogens is 390 g/mol. The summed E-state index contributed by atoms with van der Waals surface area (Å²) in [6.45, 7) is 0.577. The quantitative estimate of drug-likeness (QED) is 0.512. The Kier molecular flexibility index (Phi) is 4.79. The van der Waals surface area contributed by atoms with Gasteiger partial charge in [0.15, 0.2) is 0 Å². The highest BCUT2D eigenvalue weighted by Crippen LogP contribution is 2.38. The molecule has 1 aliphatic carbocycles. The highest BCUT2D eigenvalue weighted by atomic mass is 16.6. The van der Waals surface area contributed by atoms with Gasteiger partial charge in [-0.1, -0.05) is 42.5 Å². The molecule has 1 amide bonds. The number of anilines is 1. The number of amides is 1. The Bertz CT molecular complexity index is 1170. The monoisotopic (exact) mass is 413 g/mol. The molecule has 2 aliphatic rings. The van der Waals surface area contributed by atoms with E-state index in [1.165, 1.54) is 17.2 Å². The van der Waals surface area contributed by atoms with E-state index in [9.17, 15) is 14.9 Å². The maximum absolute atomic E-state index is 13.1. The standard InChI is InChI=1S/C25H23N3O3/c26-24(20-13-17-6-1-2-7-18(17)14-20)21-10-9-19(15-23(21)28(30)31)25(29)27-12-11-16-5-3-4-8-22(16)27/h1-10,15,20,24H,11-14,26H2. The summed E-state index contributed by atoms with van der Waals surface area (Å²) in [5.74, 6) is -0.121. The summed E-state index contributed by atoms with van der Waals surface area (Å²) in [6, 6.07) is 20.2. The Balaban J connectivity index is 1.43. The molecule has 0 bridgehead atoms. The van der Waals surface area contributed by atoms with Crippen molar-refractivity contribution in [2.75, 3.05) is 11.4 Å². The number of hydrogen-bond donors (Lipinski definition) is 1. The molecule has 156 valence electrons. The van der Waals surface area contributed by atoms with E-state index in [0.717, 1.165) is 30.5 Å². The number of para-hydroxylation sites is 1. The van der Waals surface area contributed by atoms with Gasteiger partial charge in [0, 0.05) is 35.5 Å².